The van der Waals surface area contributed by atoms with Gasteiger partial charge in [0.2, 0.25) is 5.91 Å². The number of hydrogen-bond donors (Lipinski definition) is 4. The first-order valence-electron chi connectivity index (χ1n) is 19.3. The Morgan fingerprint density at radius 1 is 1.15 bits per heavy atom. The highest BCUT2D eigenvalue weighted by atomic mass is 16.7. The zero-order chi connectivity index (χ0) is 40.5. The predicted molar refractivity (Wildman–Crippen MR) is 206 cm³/mol. The van der Waals surface area contributed by atoms with Crippen molar-refractivity contribution in [1.29, 1.82) is 0 Å². The number of aliphatic imine (C=N–C) groups is 1. The largest absolute Gasteiger partial charge is 0.459 e. The first kappa shape index (κ1) is 45.4. The Balaban J connectivity index is 1.88. The molecule has 54 heavy (non-hydrogen) atoms. The molecule has 13 unspecified atom stereocenters. The number of dihydropyridines is 1. The van der Waals surface area contributed by atoms with Gasteiger partial charge >= 0.3 is 5.97 Å². The zero-order valence-electron chi connectivity index (χ0n) is 33.8. The van der Waals surface area contributed by atoms with Crippen LogP contribution >= 0.6 is 0 Å². The van der Waals surface area contributed by atoms with Gasteiger partial charge in [-0.25, -0.2) is 0 Å². The Bertz CT molecular complexity index is 1450. The van der Waals surface area contributed by atoms with Gasteiger partial charge in [-0.05, 0) is 84.7 Å². The molecule has 5 N–H and O–H groups in total. The first-order valence-corrected chi connectivity index (χ1v) is 19.3. The van der Waals surface area contributed by atoms with Gasteiger partial charge in [0.15, 0.2) is 12.1 Å². The highest BCUT2D eigenvalue weighted by molar-refractivity contribution is 6.00. The summed E-state index contributed by atoms with van der Waals surface area (Å²) >= 11 is 0. The zero-order valence-corrected chi connectivity index (χ0v) is 33.8. The Morgan fingerprint density at radius 3 is 2.44 bits per heavy atom. The number of fused-ring (bicyclic) bond motifs is 1. The highest BCUT2D eigenvalue weighted by Crippen LogP contribution is 2.36. The van der Waals surface area contributed by atoms with Crippen molar-refractivity contribution in [2.45, 2.75) is 148 Å². The molecule has 0 bridgehead atoms. The second-order valence-corrected chi connectivity index (χ2v) is 15.8. The van der Waals surface area contributed by atoms with Crippen LogP contribution in [0.15, 0.2) is 52.6 Å². The number of amides is 1. The van der Waals surface area contributed by atoms with Crippen LogP contribution in [-0.4, -0.2) is 125 Å². The number of primary amides is 1. The average molecular weight is 760 g/mol. The van der Waals surface area contributed by atoms with Crippen LogP contribution in [-0.2, 0) is 33.3 Å². The van der Waals surface area contributed by atoms with Crippen LogP contribution in [0.25, 0.3) is 0 Å². The molecule has 2 aliphatic heterocycles. The number of nitrogens with two attached hydrogens (primary N) is 1. The number of allylic oxidation sites excluding steroid dienone is 4. The maximum absolute atomic E-state index is 14.3. The number of aliphatic hydroxyl groups excluding tert-OH is 2. The van der Waals surface area contributed by atoms with Gasteiger partial charge in [-0.1, -0.05) is 64.5 Å². The lowest BCUT2D eigenvalue weighted by atomic mass is 9.80. The van der Waals surface area contributed by atoms with E-state index in [1.54, 1.807) is 13.8 Å². The van der Waals surface area contributed by atoms with E-state index in [-0.39, 0.29) is 24.6 Å². The van der Waals surface area contributed by atoms with Crippen molar-refractivity contribution in [3.63, 3.8) is 0 Å². The van der Waals surface area contributed by atoms with E-state index >= 15 is 0 Å². The molecule has 0 aromatic heterocycles. The Morgan fingerprint density at radius 2 is 1.83 bits per heavy atom. The number of ketones is 1. The fourth-order valence-corrected chi connectivity index (χ4v) is 7.59. The van der Waals surface area contributed by atoms with Gasteiger partial charge in [0, 0.05) is 18.2 Å². The summed E-state index contributed by atoms with van der Waals surface area (Å²) in [4.78, 5) is 46.2. The summed E-state index contributed by atoms with van der Waals surface area (Å²) in [6.45, 7) is 13.4. The minimum absolute atomic E-state index is 0.0261. The van der Waals surface area contributed by atoms with Gasteiger partial charge in [-0.3, -0.25) is 19.4 Å². The molecule has 0 spiro atoms. The molecule has 13 nitrogen and oxygen atoms in total. The lowest BCUT2D eigenvalue weighted by molar-refractivity contribution is -0.296. The van der Waals surface area contributed by atoms with Gasteiger partial charge in [0.25, 0.3) is 0 Å². The van der Waals surface area contributed by atoms with Crippen molar-refractivity contribution in [3.8, 4) is 0 Å². The Hall–Kier alpha value is -3.04. The van der Waals surface area contributed by atoms with E-state index < -0.39 is 77.3 Å². The summed E-state index contributed by atoms with van der Waals surface area (Å²) in [5.41, 5.74) is 4.33. The normalized spacial score (nSPS) is 28.9. The predicted octanol–water partition coefficient (Wildman–Crippen LogP) is 3.59. The summed E-state index contributed by atoms with van der Waals surface area (Å²) in [6.07, 6.45) is 10.2. The summed E-state index contributed by atoms with van der Waals surface area (Å²) in [5, 5.41) is 33.4. The molecule has 1 amide bonds. The number of carbonyl (C=O) groups excluding carboxylic acids is 3. The number of ether oxygens (including phenoxy) is 4. The quantitative estimate of drug-likeness (QED) is 0.0807. The molecule has 0 saturated carbocycles. The minimum Gasteiger partial charge on any atom is -0.459 e. The van der Waals surface area contributed by atoms with Crippen molar-refractivity contribution in [2.24, 2.45) is 28.5 Å². The van der Waals surface area contributed by atoms with Gasteiger partial charge in [-0.15, -0.1) is 0 Å². The maximum atomic E-state index is 14.3. The van der Waals surface area contributed by atoms with E-state index in [4.69, 9.17) is 24.7 Å². The molecule has 13 heteroatoms. The number of esters is 1. The lowest BCUT2D eigenvalue weighted by Crippen LogP contribution is -2.59. The summed E-state index contributed by atoms with van der Waals surface area (Å²) in [7, 11) is 3.75. The molecule has 0 radical (unpaired) electrons. The third kappa shape index (κ3) is 11.0. The number of hydrogen-bond acceptors (Lipinski definition) is 12. The number of Topliss-reactive ketones (excluding diaryl/α,β-unsaturated/α-hetero) is 1. The summed E-state index contributed by atoms with van der Waals surface area (Å²) in [6, 6.07) is -0.241. The summed E-state index contributed by atoms with van der Waals surface area (Å²) in [5.74, 6) is -5.63. The number of carbonyl (C=O) groups is 3. The third-order valence-corrected chi connectivity index (χ3v) is 11.1. The molecule has 304 valence electrons. The standard InChI is InChI=1S/C41H65N3O10/c1-11-19-40(7,51-20-15-16-28-22-29-17-13-14-18-30(29)43-23-28)36(54-39-34(46)31(44(9)10)21-24(3)52-39)25(4)33(45)26(5)38(49)53-32(12-2)41(8,50)35(47)27(6)37(42)48/h13-14,16-18,22-27,30-32,34-36,39,46-47,50H,11-12,15,19-21H2,1-10H3,(H2,42,48)/b28-16-. The SMILES string of the molecule is CCCC(C)(OCC/C=C1\C=NC2C=CC=CC2=C1)C(OC1OC(C)CC(N(C)C)C1O)C(C)C(=O)C(C)C(=O)OC(CC)C(C)(O)C(O)C(C)C(N)=O. The molecule has 3 rings (SSSR count). The molecule has 1 fully saturated rings. The topological polar surface area (TPSA) is 190 Å². The first-order chi connectivity index (χ1) is 25.3. The fraction of sp³-hybridized carbons (Fsp3) is 0.707. The van der Waals surface area contributed by atoms with Crippen LogP contribution in [0.5, 0.6) is 0 Å². The third-order valence-electron chi connectivity index (χ3n) is 11.1. The van der Waals surface area contributed by atoms with E-state index in [9.17, 15) is 29.7 Å². The van der Waals surface area contributed by atoms with Crippen LogP contribution in [0.2, 0.25) is 0 Å². The highest BCUT2D eigenvalue weighted by Gasteiger charge is 2.49. The monoisotopic (exact) mass is 759 g/mol. The minimum atomic E-state index is -2.04. The molecular weight excluding hydrogens is 694 g/mol. The average Bonchev–Trinajstić information content (AvgIpc) is 3.13. The van der Waals surface area contributed by atoms with Gasteiger partial charge in [-0.2, -0.15) is 0 Å². The molecular formula is C41H65N3O10. The van der Waals surface area contributed by atoms with E-state index in [1.807, 2.05) is 76.4 Å². The van der Waals surface area contributed by atoms with Crippen LogP contribution in [0.4, 0.5) is 0 Å². The number of nitrogens with zero attached hydrogens (tertiary/aromatic N) is 2. The number of aliphatic hydroxyl groups is 3. The van der Waals surface area contributed by atoms with Crippen LogP contribution < -0.4 is 5.73 Å². The van der Waals surface area contributed by atoms with E-state index in [2.05, 4.69) is 11.1 Å². The fourth-order valence-electron chi connectivity index (χ4n) is 7.59. The van der Waals surface area contributed by atoms with Gasteiger partial charge in [0.1, 0.15) is 23.7 Å². The second kappa shape index (κ2) is 19.7. The summed E-state index contributed by atoms with van der Waals surface area (Å²) < 4.78 is 25.1. The second-order valence-electron chi connectivity index (χ2n) is 15.8. The Kier molecular flexibility index (Phi) is 16.5. The lowest BCUT2D eigenvalue weighted by Gasteiger charge is -2.46. The van der Waals surface area contributed by atoms with Crippen molar-refractivity contribution < 1.29 is 48.7 Å². The van der Waals surface area contributed by atoms with Crippen molar-refractivity contribution in [2.75, 3.05) is 20.7 Å². The molecule has 2 heterocycles. The molecule has 1 saturated heterocycles. The molecule has 1 aliphatic carbocycles. The molecule has 0 aromatic carbocycles. The van der Waals surface area contributed by atoms with Crippen molar-refractivity contribution in [3.05, 3.63) is 47.6 Å². The van der Waals surface area contributed by atoms with E-state index in [0.717, 1.165) is 11.1 Å². The number of likely N-dealkylation sites (N-methyl/N-ethyl adjacent to an activating group) is 1. The van der Waals surface area contributed by atoms with E-state index in [1.165, 1.54) is 20.8 Å². The van der Waals surface area contributed by atoms with E-state index in [0.29, 0.717) is 32.3 Å². The van der Waals surface area contributed by atoms with Gasteiger partial charge < -0.3 is 44.9 Å². The smallest absolute Gasteiger partial charge is 0.316 e. The molecule has 13 atom stereocenters. The van der Waals surface area contributed by atoms with Crippen LogP contribution in [0.1, 0.15) is 87.5 Å². The molecule has 3 aliphatic rings. The number of rotatable bonds is 20. The Labute approximate surface area is 321 Å². The van der Waals surface area contributed by atoms with Crippen LogP contribution in [0, 0.1) is 17.8 Å². The van der Waals surface area contributed by atoms with Crippen molar-refractivity contribution in [1.82, 2.24) is 4.90 Å². The van der Waals surface area contributed by atoms with Gasteiger partial charge in [0.05, 0.1) is 42.5 Å². The molecule has 0 aromatic rings. The maximum Gasteiger partial charge on any atom is 0.316 e. The van der Waals surface area contributed by atoms with Crippen LogP contribution in [0.3, 0.4) is 0 Å². The van der Waals surface area contributed by atoms with Crippen molar-refractivity contribution >= 4 is 23.9 Å².